The highest BCUT2D eigenvalue weighted by molar-refractivity contribution is 7.89. The summed E-state index contributed by atoms with van der Waals surface area (Å²) in [5.74, 6) is -0.417. The second-order valence-electron chi connectivity index (χ2n) is 6.30. The zero-order chi connectivity index (χ0) is 20.5. The lowest BCUT2D eigenvalue weighted by molar-refractivity contribution is -0.117. The largest absolute Gasteiger partial charge is 0.447 e. The first kappa shape index (κ1) is 19.8. The number of hydrogen-bond acceptors (Lipinski definition) is 7. The van der Waals surface area contributed by atoms with Crippen LogP contribution in [0.2, 0.25) is 0 Å². The minimum absolute atomic E-state index is 0.0818. The van der Waals surface area contributed by atoms with Crippen molar-refractivity contribution in [2.45, 2.75) is 31.7 Å². The van der Waals surface area contributed by atoms with Gasteiger partial charge in [0.05, 0.1) is 12.6 Å². The lowest BCUT2D eigenvalue weighted by Gasteiger charge is -2.16. The van der Waals surface area contributed by atoms with Crippen molar-refractivity contribution in [2.24, 2.45) is 0 Å². The third-order valence-corrected chi connectivity index (χ3v) is 5.93. The van der Waals surface area contributed by atoms with Gasteiger partial charge < -0.3 is 14.6 Å². The van der Waals surface area contributed by atoms with Gasteiger partial charge in [0.15, 0.2) is 5.76 Å². The molecular weight excluding hydrogens is 388 g/mol. The Morgan fingerprint density at radius 1 is 1.32 bits per heavy atom. The molecule has 2 N–H and O–H groups in total. The van der Waals surface area contributed by atoms with E-state index in [2.05, 4.69) is 15.2 Å². The number of hydrogen-bond donors (Lipinski definition) is 2. The molecule has 1 aromatic carbocycles. The van der Waals surface area contributed by atoms with Gasteiger partial charge in [0.1, 0.15) is 17.2 Å². The molecule has 0 saturated carbocycles. The fourth-order valence-corrected chi connectivity index (χ4v) is 4.37. The van der Waals surface area contributed by atoms with Crippen molar-refractivity contribution in [3.8, 4) is 0 Å². The Hall–Kier alpha value is -2.92. The zero-order valence-electron chi connectivity index (χ0n) is 15.6. The molecule has 1 aromatic heterocycles. The minimum Gasteiger partial charge on any atom is -0.447 e. The predicted molar refractivity (Wildman–Crippen MR) is 99.5 cm³/mol. The van der Waals surface area contributed by atoms with E-state index in [1.54, 1.807) is 24.3 Å². The van der Waals surface area contributed by atoms with E-state index in [1.165, 1.54) is 25.7 Å². The van der Waals surface area contributed by atoms with Crippen molar-refractivity contribution >= 4 is 33.4 Å². The summed E-state index contributed by atoms with van der Waals surface area (Å²) in [5, 5.41) is 6.25. The van der Waals surface area contributed by atoms with E-state index < -0.39 is 28.1 Å². The molecule has 28 heavy (non-hydrogen) atoms. The van der Waals surface area contributed by atoms with Crippen LogP contribution in [0.25, 0.3) is 0 Å². The molecule has 0 radical (unpaired) electrons. The fourth-order valence-electron chi connectivity index (χ4n) is 2.83. The smallest absolute Gasteiger partial charge is 0.414 e. The van der Waals surface area contributed by atoms with Crippen LogP contribution in [0.3, 0.4) is 0 Å². The molecule has 150 valence electrons. The maximum atomic E-state index is 12.5. The summed E-state index contributed by atoms with van der Waals surface area (Å²) in [6.45, 7) is 5.13. The number of amides is 2. The predicted octanol–water partition coefficient (Wildman–Crippen LogP) is 1.55. The standard InChI is InChI=1S/C17H20N4O6S/c1-10-15(12(3)27-19-10)28(24,25)20-11(2)16(22)18-13-5-4-6-14(9-13)21-7-8-26-17(21)23/h4-6,9,11,20H,7-8H2,1-3H3,(H,18,22)/t11-/m0/s1. The molecule has 0 unspecified atom stereocenters. The number of nitrogens with zero attached hydrogens (tertiary/aromatic N) is 2. The van der Waals surface area contributed by atoms with Gasteiger partial charge in [0.2, 0.25) is 15.9 Å². The fraction of sp³-hybridized carbons (Fsp3) is 0.353. The van der Waals surface area contributed by atoms with Crippen molar-refractivity contribution in [3.63, 3.8) is 0 Å². The summed E-state index contributed by atoms with van der Waals surface area (Å²) in [6, 6.07) is 5.58. The van der Waals surface area contributed by atoms with E-state index in [0.717, 1.165) is 0 Å². The average molecular weight is 408 g/mol. The minimum atomic E-state index is -3.98. The van der Waals surface area contributed by atoms with Crippen LogP contribution in [0, 0.1) is 13.8 Å². The number of aromatic nitrogens is 1. The molecule has 0 bridgehead atoms. The van der Waals surface area contributed by atoms with Crippen LogP contribution in [-0.4, -0.2) is 44.8 Å². The first-order chi connectivity index (χ1) is 13.2. The maximum absolute atomic E-state index is 12.5. The second kappa shape index (κ2) is 7.60. The summed E-state index contributed by atoms with van der Waals surface area (Å²) in [5.41, 5.74) is 1.21. The normalized spacial score (nSPS) is 15.4. The van der Waals surface area contributed by atoms with Gasteiger partial charge in [-0.05, 0) is 39.0 Å². The molecule has 1 saturated heterocycles. The number of ether oxygens (including phenoxy) is 1. The molecule has 10 nitrogen and oxygen atoms in total. The lowest BCUT2D eigenvalue weighted by Crippen LogP contribution is -2.41. The topological polar surface area (TPSA) is 131 Å². The van der Waals surface area contributed by atoms with Crippen molar-refractivity contribution in [1.29, 1.82) is 0 Å². The monoisotopic (exact) mass is 408 g/mol. The van der Waals surface area contributed by atoms with Crippen molar-refractivity contribution < 1.29 is 27.3 Å². The molecule has 1 fully saturated rings. The SMILES string of the molecule is Cc1noc(C)c1S(=O)(=O)N[C@@H](C)C(=O)Nc1cccc(N2CCOC2=O)c1. The maximum Gasteiger partial charge on any atom is 0.414 e. The molecule has 11 heteroatoms. The van der Waals surface area contributed by atoms with Gasteiger partial charge in [-0.1, -0.05) is 11.2 Å². The number of carbonyl (C=O) groups is 2. The molecule has 1 aliphatic rings. The highest BCUT2D eigenvalue weighted by Crippen LogP contribution is 2.23. The Kier molecular flexibility index (Phi) is 5.38. The molecule has 3 rings (SSSR count). The number of carbonyl (C=O) groups excluding carboxylic acids is 2. The van der Waals surface area contributed by atoms with Crippen LogP contribution in [0.1, 0.15) is 18.4 Å². The van der Waals surface area contributed by atoms with Gasteiger partial charge in [0, 0.05) is 11.4 Å². The van der Waals surface area contributed by atoms with E-state index in [4.69, 9.17) is 9.26 Å². The average Bonchev–Trinajstić information content (AvgIpc) is 3.20. The van der Waals surface area contributed by atoms with E-state index in [9.17, 15) is 18.0 Å². The van der Waals surface area contributed by atoms with Gasteiger partial charge in [-0.25, -0.2) is 13.2 Å². The zero-order valence-corrected chi connectivity index (χ0v) is 16.4. The van der Waals surface area contributed by atoms with Crippen LogP contribution >= 0.6 is 0 Å². The molecule has 2 heterocycles. The number of anilines is 2. The van der Waals surface area contributed by atoms with Crippen LogP contribution in [-0.2, 0) is 19.6 Å². The number of cyclic esters (lactones) is 1. The first-order valence-corrected chi connectivity index (χ1v) is 9.98. The van der Waals surface area contributed by atoms with Crippen LogP contribution in [0.15, 0.2) is 33.7 Å². The molecule has 0 spiro atoms. The van der Waals surface area contributed by atoms with E-state index in [0.29, 0.717) is 24.5 Å². The summed E-state index contributed by atoms with van der Waals surface area (Å²) in [6.07, 6.45) is -0.455. The number of sulfonamides is 1. The Labute approximate surface area is 161 Å². The molecule has 1 atom stereocenters. The van der Waals surface area contributed by atoms with Crippen LogP contribution in [0.4, 0.5) is 16.2 Å². The third-order valence-electron chi connectivity index (χ3n) is 4.15. The molecule has 1 aliphatic heterocycles. The lowest BCUT2D eigenvalue weighted by atomic mass is 10.2. The Morgan fingerprint density at radius 3 is 2.68 bits per heavy atom. The van der Waals surface area contributed by atoms with Gasteiger partial charge in [-0.2, -0.15) is 4.72 Å². The van der Waals surface area contributed by atoms with Crippen LogP contribution < -0.4 is 14.9 Å². The van der Waals surface area contributed by atoms with Gasteiger partial charge in [-0.3, -0.25) is 9.69 Å². The summed E-state index contributed by atoms with van der Waals surface area (Å²) >= 11 is 0. The number of nitrogens with one attached hydrogen (secondary N) is 2. The Morgan fingerprint density at radius 2 is 2.07 bits per heavy atom. The Bertz CT molecular complexity index is 997. The van der Waals surface area contributed by atoms with Crippen LogP contribution in [0.5, 0.6) is 0 Å². The van der Waals surface area contributed by atoms with Crippen molar-refractivity contribution in [3.05, 3.63) is 35.7 Å². The van der Waals surface area contributed by atoms with Gasteiger partial charge in [-0.15, -0.1) is 0 Å². The number of benzene rings is 1. The second-order valence-corrected chi connectivity index (χ2v) is 7.95. The van der Waals surface area contributed by atoms with Gasteiger partial charge >= 0.3 is 6.09 Å². The van der Waals surface area contributed by atoms with E-state index in [1.807, 2.05) is 0 Å². The third kappa shape index (κ3) is 3.99. The quantitative estimate of drug-likeness (QED) is 0.741. The molecular formula is C17H20N4O6S. The molecule has 0 aliphatic carbocycles. The molecule has 2 amide bonds. The Balaban J connectivity index is 1.70. The summed E-state index contributed by atoms with van der Waals surface area (Å²) in [7, 11) is -3.98. The number of rotatable bonds is 6. The van der Waals surface area contributed by atoms with Crippen molar-refractivity contribution in [1.82, 2.24) is 9.88 Å². The number of aryl methyl sites for hydroxylation is 2. The summed E-state index contributed by atoms with van der Waals surface area (Å²) < 4.78 is 37.1. The summed E-state index contributed by atoms with van der Waals surface area (Å²) in [4.78, 5) is 25.5. The first-order valence-electron chi connectivity index (χ1n) is 8.49. The highest BCUT2D eigenvalue weighted by atomic mass is 32.2. The highest BCUT2D eigenvalue weighted by Gasteiger charge is 2.28. The van der Waals surface area contributed by atoms with Crippen molar-refractivity contribution in [2.75, 3.05) is 23.4 Å². The van der Waals surface area contributed by atoms with Gasteiger partial charge in [0.25, 0.3) is 0 Å². The van der Waals surface area contributed by atoms with E-state index >= 15 is 0 Å². The van der Waals surface area contributed by atoms with E-state index in [-0.39, 0.29) is 16.3 Å². The molecule has 2 aromatic rings.